The van der Waals surface area contributed by atoms with Crippen LogP contribution < -0.4 is 0 Å². The molecule has 2 aromatic carbocycles. The zero-order chi connectivity index (χ0) is 23.0. The molecule has 0 aliphatic rings. The summed E-state index contributed by atoms with van der Waals surface area (Å²) in [6.45, 7) is 34.2. The fourth-order valence-corrected chi connectivity index (χ4v) is 3.82. The summed E-state index contributed by atoms with van der Waals surface area (Å²) in [4.78, 5) is 10.8. The first kappa shape index (κ1) is 21.9. The summed E-state index contributed by atoms with van der Waals surface area (Å²) in [5, 5.41) is 30.1. The standard InChI is InChI=1S/C24H18N6/c1-23(2,3)18-13(10-25)16-14(11-26)21(29-8)19(24(4,5)6)22(30-9)17(16)20(28-7)15(18)12-27/h1-6H3. The molecule has 0 atom stereocenters. The van der Waals surface area contributed by atoms with Gasteiger partial charge in [-0.15, -0.1) is 0 Å². The molecule has 0 bridgehead atoms. The minimum atomic E-state index is -0.685. The lowest BCUT2D eigenvalue weighted by Crippen LogP contribution is -2.17. The second-order valence-corrected chi connectivity index (χ2v) is 8.84. The van der Waals surface area contributed by atoms with E-state index in [0.29, 0.717) is 11.1 Å². The Bertz CT molecular complexity index is 1250. The highest BCUT2D eigenvalue weighted by Gasteiger charge is 2.34. The molecule has 0 aliphatic heterocycles. The summed E-state index contributed by atoms with van der Waals surface area (Å²) in [5.74, 6) is 0. The molecule has 0 aliphatic carbocycles. The third-order valence-corrected chi connectivity index (χ3v) is 4.84. The van der Waals surface area contributed by atoms with E-state index in [2.05, 4.69) is 26.7 Å². The van der Waals surface area contributed by atoms with Crippen molar-refractivity contribution in [2.24, 2.45) is 0 Å². The maximum Gasteiger partial charge on any atom is 0.202 e. The van der Waals surface area contributed by atoms with Gasteiger partial charge in [0.15, 0.2) is 11.4 Å². The molecule has 2 rings (SSSR count). The number of nitriles is 3. The van der Waals surface area contributed by atoms with Gasteiger partial charge in [0.05, 0.1) is 54.6 Å². The fourth-order valence-electron chi connectivity index (χ4n) is 3.82. The lowest BCUT2D eigenvalue weighted by atomic mass is 9.75. The predicted octanol–water partition coefficient (Wildman–Crippen LogP) is 6.70. The molecular formula is C24H18N6. The van der Waals surface area contributed by atoms with Gasteiger partial charge in [0.1, 0.15) is 0 Å². The SMILES string of the molecule is [C-]#[N+]c1c(C(C)(C)C)c([N+]#[C-])c2c([N+]#[C-])c(C#N)c(C(C)(C)C)c(C#N)c2c1C#N. The van der Waals surface area contributed by atoms with Crippen LogP contribution in [0.3, 0.4) is 0 Å². The highest BCUT2D eigenvalue weighted by atomic mass is 14.8. The van der Waals surface area contributed by atoms with Gasteiger partial charge in [0, 0.05) is 0 Å². The van der Waals surface area contributed by atoms with Crippen LogP contribution in [-0.4, -0.2) is 0 Å². The number of hydrogen-bond acceptors (Lipinski definition) is 3. The molecule has 0 radical (unpaired) electrons. The summed E-state index contributed by atoms with van der Waals surface area (Å²) < 4.78 is 0. The lowest BCUT2D eigenvalue weighted by molar-refractivity contribution is 0.588. The zero-order valence-corrected chi connectivity index (χ0v) is 17.7. The monoisotopic (exact) mass is 390 g/mol. The summed E-state index contributed by atoms with van der Waals surface area (Å²) in [6.07, 6.45) is 0. The van der Waals surface area contributed by atoms with E-state index in [1.165, 1.54) is 0 Å². The number of fused-ring (bicyclic) bond motifs is 1. The fraction of sp³-hybridized carbons (Fsp3) is 0.333. The van der Waals surface area contributed by atoms with Crippen molar-refractivity contribution in [3.05, 3.63) is 62.1 Å². The van der Waals surface area contributed by atoms with Crippen LogP contribution in [0.1, 0.15) is 69.4 Å². The van der Waals surface area contributed by atoms with E-state index in [0.717, 1.165) is 0 Å². The summed E-state index contributed by atoms with van der Waals surface area (Å²) in [7, 11) is 0. The van der Waals surface area contributed by atoms with Gasteiger partial charge in [0.2, 0.25) is 5.69 Å². The van der Waals surface area contributed by atoms with E-state index in [1.807, 2.05) is 47.6 Å². The molecule has 6 nitrogen and oxygen atoms in total. The first-order valence-electron chi connectivity index (χ1n) is 9.01. The molecule has 6 heteroatoms. The van der Waals surface area contributed by atoms with Gasteiger partial charge in [-0.25, -0.2) is 14.5 Å². The first-order chi connectivity index (χ1) is 13.9. The minimum absolute atomic E-state index is 0.0143. The maximum atomic E-state index is 10.0. The normalized spacial score (nSPS) is 10.8. The summed E-state index contributed by atoms with van der Waals surface area (Å²) in [5.41, 5.74) is -0.608. The van der Waals surface area contributed by atoms with Crippen LogP contribution in [0.2, 0.25) is 0 Å². The van der Waals surface area contributed by atoms with Gasteiger partial charge in [-0.1, -0.05) is 41.5 Å². The van der Waals surface area contributed by atoms with Crippen LogP contribution >= 0.6 is 0 Å². The van der Waals surface area contributed by atoms with Crippen molar-refractivity contribution < 1.29 is 0 Å². The van der Waals surface area contributed by atoms with Crippen molar-refractivity contribution >= 4 is 27.8 Å². The number of rotatable bonds is 0. The Hall–Kier alpha value is -4.36. The molecule has 30 heavy (non-hydrogen) atoms. The zero-order valence-electron chi connectivity index (χ0n) is 17.7. The smallest absolute Gasteiger partial charge is 0.202 e. The lowest BCUT2D eigenvalue weighted by Gasteiger charge is -2.28. The molecule has 0 saturated carbocycles. The third kappa shape index (κ3) is 2.99. The van der Waals surface area contributed by atoms with Crippen molar-refractivity contribution in [3.63, 3.8) is 0 Å². The molecule has 144 valence electrons. The van der Waals surface area contributed by atoms with E-state index >= 15 is 0 Å². The maximum absolute atomic E-state index is 10.0. The van der Waals surface area contributed by atoms with Crippen LogP contribution in [0.4, 0.5) is 17.1 Å². The quantitative estimate of drug-likeness (QED) is 0.469. The highest BCUT2D eigenvalue weighted by Crippen LogP contribution is 2.53. The van der Waals surface area contributed by atoms with Crippen molar-refractivity contribution in [2.45, 2.75) is 52.4 Å². The average Bonchev–Trinajstić information content (AvgIpc) is 2.67. The topological polar surface area (TPSA) is 84.5 Å². The van der Waals surface area contributed by atoms with E-state index in [4.69, 9.17) is 19.7 Å². The van der Waals surface area contributed by atoms with Crippen molar-refractivity contribution in [2.75, 3.05) is 0 Å². The minimum Gasteiger partial charge on any atom is -0.240 e. The Kier molecular flexibility index (Phi) is 5.29. The van der Waals surface area contributed by atoms with Gasteiger partial charge in [0.25, 0.3) is 0 Å². The third-order valence-electron chi connectivity index (χ3n) is 4.84. The molecule has 0 spiro atoms. The Morgan fingerprint density at radius 3 is 1.33 bits per heavy atom. The van der Waals surface area contributed by atoms with E-state index in [-0.39, 0.29) is 44.5 Å². The molecule has 0 unspecified atom stereocenters. The Morgan fingerprint density at radius 2 is 1.00 bits per heavy atom. The Morgan fingerprint density at radius 1 is 0.567 bits per heavy atom. The van der Waals surface area contributed by atoms with E-state index < -0.39 is 10.8 Å². The van der Waals surface area contributed by atoms with Gasteiger partial charge < -0.3 is 0 Å². The van der Waals surface area contributed by atoms with Crippen LogP contribution in [0.15, 0.2) is 0 Å². The molecule has 0 amide bonds. The molecule has 0 heterocycles. The van der Waals surface area contributed by atoms with Crippen LogP contribution in [0.5, 0.6) is 0 Å². The second-order valence-electron chi connectivity index (χ2n) is 8.84. The second kappa shape index (κ2) is 7.23. The summed E-state index contributed by atoms with van der Waals surface area (Å²) in [6, 6.07) is 6.19. The van der Waals surface area contributed by atoms with Crippen LogP contribution in [0.25, 0.3) is 25.3 Å². The van der Waals surface area contributed by atoms with Crippen molar-refractivity contribution in [1.82, 2.24) is 0 Å². The van der Waals surface area contributed by atoms with Crippen LogP contribution in [0, 0.1) is 53.7 Å². The van der Waals surface area contributed by atoms with E-state index in [1.54, 1.807) is 0 Å². The molecule has 0 fully saturated rings. The number of nitrogens with zero attached hydrogens (tertiary/aromatic N) is 6. The van der Waals surface area contributed by atoms with Crippen molar-refractivity contribution in [3.8, 4) is 18.2 Å². The number of benzene rings is 2. The average molecular weight is 390 g/mol. The molecule has 2 aromatic rings. The van der Waals surface area contributed by atoms with Gasteiger partial charge in [-0.3, -0.25) is 0 Å². The Balaban J connectivity index is 3.65. The van der Waals surface area contributed by atoms with Gasteiger partial charge in [-0.05, 0) is 32.7 Å². The summed E-state index contributed by atoms with van der Waals surface area (Å²) >= 11 is 0. The first-order valence-corrected chi connectivity index (χ1v) is 9.01. The van der Waals surface area contributed by atoms with E-state index in [9.17, 15) is 15.8 Å². The molecule has 0 aromatic heterocycles. The molecular weight excluding hydrogens is 372 g/mol. The van der Waals surface area contributed by atoms with Crippen molar-refractivity contribution in [1.29, 1.82) is 15.8 Å². The van der Waals surface area contributed by atoms with Gasteiger partial charge in [-0.2, -0.15) is 15.8 Å². The highest BCUT2D eigenvalue weighted by molar-refractivity contribution is 6.15. The molecule has 0 N–H and O–H groups in total. The Labute approximate surface area is 176 Å². The predicted molar refractivity (Wildman–Crippen MR) is 114 cm³/mol. The molecule has 0 saturated heterocycles. The largest absolute Gasteiger partial charge is 0.240 e. The van der Waals surface area contributed by atoms with Crippen LogP contribution in [-0.2, 0) is 10.8 Å². The van der Waals surface area contributed by atoms with Gasteiger partial charge >= 0.3 is 0 Å². The number of hydrogen-bond donors (Lipinski definition) is 0.